The highest BCUT2D eigenvalue weighted by atomic mass is 32.2. The Morgan fingerprint density at radius 3 is 2.63 bits per heavy atom. The van der Waals surface area contributed by atoms with Crippen LogP contribution in [0.4, 0.5) is 10.5 Å². The molecule has 3 aromatic rings. The lowest BCUT2D eigenvalue weighted by Crippen LogP contribution is -2.41. The van der Waals surface area contributed by atoms with Crippen LogP contribution in [0.25, 0.3) is 11.3 Å². The molecule has 0 bridgehead atoms. The van der Waals surface area contributed by atoms with E-state index >= 15 is 0 Å². The summed E-state index contributed by atoms with van der Waals surface area (Å²) in [5.74, 6) is 0.969. The summed E-state index contributed by atoms with van der Waals surface area (Å²) in [6, 6.07) is 12.0. The van der Waals surface area contributed by atoms with Gasteiger partial charge in [-0.3, -0.25) is 9.62 Å². The molecule has 35 heavy (non-hydrogen) atoms. The maximum atomic E-state index is 13.2. The zero-order chi connectivity index (χ0) is 24.6. The molecule has 1 aliphatic carbocycles. The van der Waals surface area contributed by atoms with Gasteiger partial charge in [-0.05, 0) is 61.7 Å². The number of hydrogen-bond donors (Lipinski definition) is 2. The number of aromatic nitrogens is 3. The molecule has 2 N–H and O–H groups in total. The van der Waals surface area contributed by atoms with Crippen LogP contribution in [0.2, 0.25) is 0 Å². The average Bonchev–Trinajstić information content (AvgIpc) is 3.68. The maximum Gasteiger partial charge on any atom is 0.322 e. The van der Waals surface area contributed by atoms with Crippen LogP contribution < -0.4 is 19.7 Å². The SMILES string of the molecule is CNSc1ccc(CNC(=O)N2CC(C)(C)c3nc(-c4c(OC)ncnc4C4CC4)ccc32)cc1. The number of anilines is 1. The number of carbonyl (C=O) groups excluding carboxylic acids is 1. The maximum absolute atomic E-state index is 13.2. The van der Waals surface area contributed by atoms with Gasteiger partial charge in [-0.15, -0.1) is 0 Å². The van der Waals surface area contributed by atoms with E-state index in [1.54, 1.807) is 30.3 Å². The third-order valence-electron chi connectivity index (χ3n) is 6.45. The molecular weight excluding hydrogens is 460 g/mol. The van der Waals surface area contributed by atoms with Crippen molar-refractivity contribution in [2.24, 2.45) is 0 Å². The molecule has 5 rings (SSSR count). The summed E-state index contributed by atoms with van der Waals surface area (Å²) in [4.78, 5) is 30.0. The Balaban J connectivity index is 1.39. The number of methoxy groups -OCH3 is 1. The molecule has 1 saturated carbocycles. The number of nitrogens with one attached hydrogen (secondary N) is 2. The van der Waals surface area contributed by atoms with Crippen molar-refractivity contribution in [1.82, 2.24) is 25.0 Å². The number of nitrogens with zero attached hydrogens (tertiary/aromatic N) is 4. The first-order valence-electron chi connectivity index (χ1n) is 11.8. The van der Waals surface area contributed by atoms with Crippen molar-refractivity contribution < 1.29 is 9.53 Å². The fraction of sp³-hybridized carbons (Fsp3) is 0.385. The molecule has 1 aliphatic heterocycles. The van der Waals surface area contributed by atoms with Crippen molar-refractivity contribution in [2.75, 3.05) is 25.6 Å². The van der Waals surface area contributed by atoms with Gasteiger partial charge in [-0.1, -0.05) is 26.0 Å². The summed E-state index contributed by atoms with van der Waals surface area (Å²) < 4.78 is 8.63. The van der Waals surface area contributed by atoms with Crippen molar-refractivity contribution in [2.45, 2.75) is 49.5 Å². The Bertz CT molecular complexity index is 1240. The quantitative estimate of drug-likeness (QED) is 0.466. The van der Waals surface area contributed by atoms with Crippen molar-refractivity contribution in [3.63, 3.8) is 0 Å². The van der Waals surface area contributed by atoms with Gasteiger partial charge in [0.15, 0.2) is 0 Å². The van der Waals surface area contributed by atoms with Gasteiger partial charge in [-0.25, -0.2) is 19.7 Å². The molecule has 0 radical (unpaired) electrons. The zero-order valence-electron chi connectivity index (χ0n) is 20.5. The minimum atomic E-state index is -0.294. The molecule has 0 saturated heterocycles. The van der Waals surface area contributed by atoms with E-state index in [9.17, 15) is 4.79 Å². The summed E-state index contributed by atoms with van der Waals surface area (Å²) in [6.07, 6.45) is 3.80. The number of urea groups is 1. The number of rotatable bonds is 7. The number of amides is 2. The van der Waals surface area contributed by atoms with Crippen molar-refractivity contribution >= 4 is 23.7 Å². The van der Waals surface area contributed by atoms with E-state index in [1.807, 2.05) is 43.4 Å². The first kappa shape index (κ1) is 23.6. The Labute approximate surface area is 210 Å². The minimum Gasteiger partial charge on any atom is -0.480 e. The molecule has 9 heteroatoms. The van der Waals surface area contributed by atoms with Crippen LogP contribution in [0.15, 0.2) is 47.6 Å². The van der Waals surface area contributed by atoms with Crippen molar-refractivity contribution in [1.29, 1.82) is 0 Å². The Hall–Kier alpha value is -3.17. The molecule has 1 aromatic carbocycles. The predicted octanol–water partition coefficient (Wildman–Crippen LogP) is 4.66. The number of ether oxygens (including phenoxy) is 1. The number of benzene rings is 1. The van der Waals surface area contributed by atoms with Crippen LogP contribution in [0.3, 0.4) is 0 Å². The Morgan fingerprint density at radius 1 is 1.17 bits per heavy atom. The Morgan fingerprint density at radius 2 is 1.94 bits per heavy atom. The van der Waals surface area contributed by atoms with Crippen molar-refractivity contribution in [3.05, 3.63) is 59.7 Å². The molecule has 2 aromatic heterocycles. The summed E-state index contributed by atoms with van der Waals surface area (Å²) in [5.41, 5.74) is 5.13. The van der Waals surface area contributed by atoms with Crippen LogP contribution in [0.1, 0.15) is 49.6 Å². The lowest BCUT2D eigenvalue weighted by molar-refractivity contribution is 0.245. The lowest BCUT2D eigenvalue weighted by atomic mass is 9.91. The molecule has 0 spiro atoms. The summed E-state index contributed by atoms with van der Waals surface area (Å²) in [7, 11) is 3.51. The van der Waals surface area contributed by atoms with Crippen LogP contribution in [0, 0.1) is 0 Å². The van der Waals surface area contributed by atoms with Gasteiger partial charge in [-0.2, -0.15) is 0 Å². The minimum absolute atomic E-state index is 0.126. The number of carbonyl (C=O) groups is 1. The normalized spacial score (nSPS) is 16.2. The zero-order valence-corrected chi connectivity index (χ0v) is 21.3. The molecule has 0 unspecified atom stereocenters. The Kier molecular flexibility index (Phi) is 6.37. The average molecular weight is 491 g/mol. The standard InChI is InChI=1S/C26H30N6O2S/c1-26(2)14-32(25(33)28-13-16-5-9-18(10-6-16)35-27-3)20-12-11-19(31-23(20)26)21-22(17-7-8-17)29-15-30-24(21)34-4/h5-6,9-12,15,17,27H,7-8,13-14H2,1-4H3,(H,28,33). The molecule has 2 amide bonds. The molecule has 182 valence electrons. The van der Waals surface area contributed by atoms with E-state index in [0.29, 0.717) is 24.9 Å². The second-order valence-corrected chi connectivity index (χ2v) is 10.6. The van der Waals surface area contributed by atoms with Gasteiger partial charge in [0.2, 0.25) is 5.88 Å². The van der Waals surface area contributed by atoms with Gasteiger partial charge in [0.25, 0.3) is 0 Å². The first-order chi connectivity index (χ1) is 16.9. The van der Waals surface area contributed by atoms with Crippen LogP contribution in [0.5, 0.6) is 5.88 Å². The topological polar surface area (TPSA) is 92.3 Å². The number of fused-ring (bicyclic) bond motifs is 1. The smallest absolute Gasteiger partial charge is 0.322 e. The van der Waals surface area contributed by atoms with E-state index in [-0.39, 0.29) is 11.4 Å². The van der Waals surface area contributed by atoms with Crippen LogP contribution in [-0.4, -0.2) is 41.7 Å². The molecule has 2 aliphatic rings. The fourth-order valence-electron chi connectivity index (χ4n) is 4.55. The molecule has 1 fully saturated rings. The predicted molar refractivity (Wildman–Crippen MR) is 138 cm³/mol. The van der Waals surface area contributed by atoms with Gasteiger partial charge < -0.3 is 10.1 Å². The monoisotopic (exact) mass is 490 g/mol. The number of pyridine rings is 1. The second-order valence-electron chi connectivity index (χ2n) is 9.56. The van der Waals surface area contributed by atoms with Gasteiger partial charge in [0, 0.05) is 29.3 Å². The molecular formula is C26H30N6O2S. The van der Waals surface area contributed by atoms with E-state index < -0.39 is 0 Å². The first-order valence-corrected chi connectivity index (χ1v) is 12.6. The number of hydrogen-bond acceptors (Lipinski definition) is 7. The third kappa shape index (κ3) is 4.70. The summed E-state index contributed by atoms with van der Waals surface area (Å²) >= 11 is 1.56. The molecule has 0 atom stereocenters. The van der Waals surface area contributed by atoms with Crippen LogP contribution in [-0.2, 0) is 12.0 Å². The second kappa shape index (κ2) is 9.47. The van der Waals surface area contributed by atoms with E-state index in [0.717, 1.165) is 51.6 Å². The highest BCUT2D eigenvalue weighted by Gasteiger charge is 2.40. The van der Waals surface area contributed by atoms with E-state index in [4.69, 9.17) is 9.72 Å². The van der Waals surface area contributed by atoms with E-state index in [2.05, 4.69) is 33.9 Å². The van der Waals surface area contributed by atoms with Crippen molar-refractivity contribution in [3.8, 4) is 17.1 Å². The van der Waals surface area contributed by atoms with Gasteiger partial charge in [0.1, 0.15) is 6.33 Å². The van der Waals surface area contributed by atoms with Gasteiger partial charge in [0.05, 0.1) is 35.4 Å². The third-order valence-corrected chi connectivity index (χ3v) is 7.16. The van der Waals surface area contributed by atoms with Gasteiger partial charge >= 0.3 is 6.03 Å². The lowest BCUT2D eigenvalue weighted by Gasteiger charge is -2.20. The highest BCUT2D eigenvalue weighted by Crippen LogP contribution is 2.47. The fourth-order valence-corrected chi connectivity index (χ4v) is 5.06. The van der Waals surface area contributed by atoms with Crippen LogP contribution >= 0.6 is 11.9 Å². The van der Waals surface area contributed by atoms with E-state index in [1.165, 1.54) is 0 Å². The highest BCUT2D eigenvalue weighted by molar-refractivity contribution is 7.97. The molecule has 3 heterocycles. The molecule has 8 nitrogen and oxygen atoms in total. The summed E-state index contributed by atoms with van der Waals surface area (Å²) in [6.45, 7) is 5.26. The largest absolute Gasteiger partial charge is 0.480 e. The summed E-state index contributed by atoms with van der Waals surface area (Å²) in [5, 5.41) is 3.06.